The molecule has 0 heterocycles. The summed E-state index contributed by atoms with van der Waals surface area (Å²) in [5.41, 5.74) is -0.226. The predicted molar refractivity (Wildman–Crippen MR) is 52.8 cm³/mol. The topological polar surface area (TPSA) is 34.1 Å². The van der Waals surface area contributed by atoms with Crippen LogP contribution < -0.4 is 0 Å². The molecule has 0 N–H and O–H groups in total. The standard InChI is InChI=1S/C10H13BrO2/c1-9-3-6(12)4-10(9,2)8(11)7(13)5-9/h8H,3-5H2,1-2H3/t8-,9-,10+/m0/s1. The maximum Gasteiger partial charge on any atom is 0.147 e. The highest BCUT2D eigenvalue weighted by molar-refractivity contribution is 9.10. The van der Waals surface area contributed by atoms with E-state index in [1.807, 2.05) is 0 Å². The molecule has 0 spiro atoms. The highest BCUT2D eigenvalue weighted by atomic mass is 79.9. The van der Waals surface area contributed by atoms with Crippen LogP contribution in [0.5, 0.6) is 0 Å². The van der Waals surface area contributed by atoms with E-state index < -0.39 is 0 Å². The fourth-order valence-corrected chi connectivity index (χ4v) is 3.69. The number of alkyl halides is 1. The zero-order valence-electron chi connectivity index (χ0n) is 7.89. The van der Waals surface area contributed by atoms with Crippen LogP contribution in [0.2, 0.25) is 0 Å². The van der Waals surface area contributed by atoms with Gasteiger partial charge in [0, 0.05) is 24.7 Å². The second-order valence-corrected chi connectivity index (χ2v) is 5.79. The molecule has 13 heavy (non-hydrogen) atoms. The second-order valence-electron chi connectivity index (χ2n) is 4.88. The van der Waals surface area contributed by atoms with E-state index >= 15 is 0 Å². The van der Waals surface area contributed by atoms with Crippen LogP contribution in [0.1, 0.15) is 33.1 Å². The maximum atomic E-state index is 11.5. The lowest BCUT2D eigenvalue weighted by Crippen LogP contribution is -2.32. The minimum Gasteiger partial charge on any atom is -0.300 e. The lowest BCUT2D eigenvalue weighted by Gasteiger charge is -2.34. The number of carbonyl (C=O) groups excluding carboxylic acids is 2. The molecular formula is C10H13BrO2. The van der Waals surface area contributed by atoms with Crippen molar-refractivity contribution >= 4 is 27.5 Å². The Hall–Kier alpha value is -0.180. The molecule has 0 saturated heterocycles. The molecule has 2 rings (SSSR count). The summed E-state index contributed by atoms with van der Waals surface area (Å²) in [7, 11) is 0. The molecule has 2 aliphatic carbocycles. The summed E-state index contributed by atoms with van der Waals surface area (Å²) in [6.45, 7) is 4.12. The van der Waals surface area contributed by atoms with Gasteiger partial charge in [0.15, 0.2) is 0 Å². The van der Waals surface area contributed by atoms with Crippen LogP contribution in [0.3, 0.4) is 0 Å². The van der Waals surface area contributed by atoms with Crippen molar-refractivity contribution in [2.24, 2.45) is 10.8 Å². The van der Waals surface area contributed by atoms with Gasteiger partial charge >= 0.3 is 0 Å². The van der Waals surface area contributed by atoms with Gasteiger partial charge in [-0.15, -0.1) is 0 Å². The van der Waals surface area contributed by atoms with Crippen LogP contribution in [0.25, 0.3) is 0 Å². The molecule has 2 saturated carbocycles. The molecule has 2 aliphatic rings. The first-order valence-corrected chi connectivity index (χ1v) is 5.49. The molecule has 0 aromatic heterocycles. The number of Topliss-reactive ketones (excluding diaryl/α,β-unsaturated/α-hetero) is 2. The second kappa shape index (κ2) is 2.44. The van der Waals surface area contributed by atoms with Gasteiger partial charge in [-0.1, -0.05) is 29.8 Å². The third-order valence-corrected chi connectivity index (χ3v) is 5.46. The van der Waals surface area contributed by atoms with Crippen LogP contribution in [0.4, 0.5) is 0 Å². The normalized spacial score (nSPS) is 49.9. The largest absolute Gasteiger partial charge is 0.300 e. The Morgan fingerprint density at radius 1 is 1.23 bits per heavy atom. The van der Waals surface area contributed by atoms with Crippen LogP contribution in [-0.2, 0) is 9.59 Å². The van der Waals surface area contributed by atoms with Gasteiger partial charge in [0.05, 0.1) is 4.83 Å². The molecule has 2 nitrogen and oxygen atoms in total. The molecule has 0 bridgehead atoms. The van der Waals surface area contributed by atoms with E-state index in [9.17, 15) is 9.59 Å². The molecule has 0 aromatic carbocycles. The Kier molecular flexibility index (Phi) is 1.76. The van der Waals surface area contributed by atoms with Crippen molar-refractivity contribution in [3.05, 3.63) is 0 Å². The number of ketones is 2. The molecule has 0 radical (unpaired) electrons. The van der Waals surface area contributed by atoms with Crippen molar-refractivity contribution in [2.45, 2.75) is 37.9 Å². The molecular weight excluding hydrogens is 232 g/mol. The summed E-state index contributed by atoms with van der Waals surface area (Å²) < 4.78 is 0. The van der Waals surface area contributed by atoms with Crippen molar-refractivity contribution in [2.75, 3.05) is 0 Å². The number of fused-ring (bicyclic) bond motifs is 1. The number of halogens is 1. The van der Waals surface area contributed by atoms with Gasteiger partial charge in [-0.3, -0.25) is 9.59 Å². The number of hydrogen-bond acceptors (Lipinski definition) is 2. The number of hydrogen-bond donors (Lipinski definition) is 0. The van der Waals surface area contributed by atoms with Crippen molar-refractivity contribution in [3.8, 4) is 0 Å². The fraction of sp³-hybridized carbons (Fsp3) is 0.800. The Balaban J connectivity index is 2.45. The third-order valence-electron chi connectivity index (χ3n) is 3.94. The highest BCUT2D eigenvalue weighted by Crippen LogP contribution is 2.61. The van der Waals surface area contributed by atoms with Gasteiger partial charge in [-0.2, -0.15) is 0 Å². The minimum atomic E-state index is -0.138. The lowest BCUT2D eigenvalue weighted by molar-refractivity contribution is -0.120. The quantitative estimate of drug-likeness (QED) is 0.612. The first-order valence-electron chi connectivity index (χ1n) is 4.58. The lowest BCUT2D eigenvalue weighted by atomic mass is 9.71. The molecule has 2 fully saturated rings. The van der Waals surface area contributed by atoms with Crippen molar-refractivity contribution < 1.29 is 9.59 Å². The van der Waals surface area contributed by atoms with Crippen LogP contribution in [0, 0.1) is 10.8 Å². The SMILES string of the molecule is C[C@@]12CC(=O)C[C@]1(C)[C@@H](Br)C(=O)C2. The predicted octanol–water partition coefficient (Wildman–Crippen LogP) is 2.10. The van der Waals surface area contributed by atoms with E-state index in [0.717, 1.165) is 0 Å². The smallest absolute Gasteiger partial charge is 0.147 e. The molecule has 3 heteroatoms. The van der Waals surface area contributed by atoms with Gasteiger partial charge in [0.2, 0.25) is 0 Å². The van der Waals surface area contributed by atoms with Crippen molar-refractivity contribution in [1.82, 2.24) is 0 Å². The molecule has 3 atom stereocenters. The summed E-state index contributed by atoms with van der Waals surface area (Å²) >= 11 is 3.43. The monoisotopic (exact) mass is 244 g/mol. The summed E-state index contributed by atoms with van der Waals surface area (Å²) in [6, 6.07) is 0. The van der Waals surface area contributed by atoms with Crippen LogP contribution in [0.15, 0.2) is 0 Å². The first kappa shape index (κ1) is 9.38. The first-order chi connectivity index (χ1) is 5.89. The van der Waals surface area contributed by atoms with Gasteiger partial charge in [-0.05, 0) is 5.41 Å². The van der Waals surface area contributed by atoms with Gasteiger partial charge in [0.1, 0.15) is 11.6 Å². The number of carbonyl (C=O) groups is 2. The van der Waals surface area contributed by atoms with E-state index in [-0.39, 0.29) is 21.4 Å². The maximum absolute atomic E-state index is 11.5. The van der Waals surface area contributed by atoms with Crippen molar-refractivity contribution in [3.63, 3.8) is 0 Å². The zero-order valence-corrected chi connectivity index (χ0v) is 9.48. The summed E-state index contributed by atoms with van der Waals surface area (Å²) in [6.07, 6.45) is 1.70. The molecule has 0 amide bonds. The van der Waals surface area contributed by atoms with E-state index in [1.54, 1.807) is 0 Å². The molecule has 0 aromatic rings. The summed E-state index contributed by atoms with van der Waals surface area (Å²) in [5, 5.41) is 0. The zero-order chi connectivity index (χ0) is 9.85. The summed E-state index contributed by atoms with van der Waals surface area (Å²) in [4.78, 5) is 22.8. The summed E-state index contributed by atoms with van der Waals surface area (Å²) in [5.74, 6) is 0.569. The Bertz CT molecular complexity index is 299. The Labute approximate surface area is 86.2 Å². The van der Waals surface area contributed by atoms with Gasteiger partial charge in [0.25, 0.3) is 0 Å². The van der Waals surface area contributed by atoms with E-state index in [4.69, 9.17) is 0 Å². The molecule has 0 unspecified atom stereocenters. The van der Waals surface area contributed by atoms with Crippen molar-refractivity contribution in [1.29, 1.82) is 0 Å². The van der Waals surface area contributed by atoms with E-state index in [0.29, 0.717) is 25.0 Å². The van der Waals surface area contributed by atoms with Crippen LogP contribution in [-0.4, -0.2) is 16.4 Å². The van der Waals surface area contributed by atoms with Gasteiger partial charge in [-0.25, -0.2) is 0 Å². The van der Waals surface area contributed by atoms with E-state index in [2.05, 4.69) is 29.8 Å². The third kappa shape index (κ3) is 0.997. The average Bonchev–Trinajstić information content (AvgIpc) is 2.28. The fourth-order valence-electron chi connectivity index (χ4n) is 2.81. The molecule has 0 aliphatic heterocycles. The van der Waals surface area contributed by atoms with Gasteiger partial charge < -0.3 is 0 Å². The van der Waals surface area contributed by atoms with Crippen LogP contribution >= 0.6 is 15.9 Å². The highest BCUT2D eigenvalue weighted by Gasteiger charge is 2.62. The number of rotatable bonds is 0. The molecule has 72 valence electrons. The average molecular weight is 245 g/mol. The minimum absolute atomic E-state index is 0.0880. The Morgan fingerprint density at radius 3 is 2.38 bits per heavy atom. The Morgan fingerprint density at radius 2 is 1.85 bits per heavy atom. The van der Waals surface area contributed by atoms with E-state index in [1.165, 1.54) is 0 Å².